The molecule has 1 saturated heterocycles. The van der Waals surface area contributed by atoms with Gasteiger partial charge in [-0.2, -0.15) is 0 Å². The van der Waals surface area contributed by atoms with Gasteiger partial charge in [-0.1, -0.05) is 18.2 Å². The normalized spacial score (nSPS) is 13.8. The van der Waals surface area contributed by atoms with Gasteiger partial charge < -0.3 is 19.9 Å². The van der Waals surface area contributed by atoms with Crippen LogP contribution in [0.2, 0.25) is 0 Å². The second-order valence-corrected chi connectivity index (χ2v) is 6.75. The molecule has 2 aromatic heterocycles. The molecule has 4 rings (SSSR count). The molecular weight excluding hydrogens is 366 g/mol. The van der Waals surface area contributed by atoms with Crippen molar-refractivity contribution in [1.82, 2.24) is 9.97 Å². The zero-order chi connectivity index (χ0) is 20.1. The van der Waals surface area contributed by atoms with Crippen molar-refractivity contribution in [3.05, 3.63) is 72.7 Å². The van der Waals surface area contributed by atoms with Crippen LogP contribution in [0.1, 0.15) is 10.4 Å². The maximum Gasteiger partial charge on any atom is 0.257 e. The molecule has 3 aromatic rings. The van der Waals surface area contributed by atoms with Crippen LogP contribution in [0, 0.1) is 0 Å². The van der Waals surface area contributed by atoms with Gasteiger partial charge in [-0.15, -0.1) is 0 Å². The molecule has 0 bridgehead atoms. The fourth-order valence-corrected chi connectivity index (χ4v) is 3.40. The molecule has 1 amide bonds. The molecule has 148 valence electrons. The molecule has 1 aliphatic rings. The number of anilines is 3. The van der Waals surface area contributed by atoms with Gasteiger partial charge in [0.2, 0.25) is 0 Å². The molecule has 1 aromatic carbocycles. The first-order valence-corrected chi connectivity index (χ1v) is 9.55. The number of carbonyl (C=O) groups is 1. The highest BCUT2D eigenvalue weighted by molar-refractivity contribution is 6.05. The maximum absolute atomic E-state index is 12.7. The summed E-state index contributed by atoms with van der Waals surface area (Å²) in [6.45, 7) is 3.43. The molecule has 0 spiro atoms. The molecule has 0 aliphatic carbocycles. The number of pyridine rings is 2. The van der Waals surface area contributed by atoms with E-state index in [4.69, 9.17) is 4.74 Å². The first-order valence-electron chi connectivity index (χ1n) is 9.55. The van der Waals surface area contributed by atoms with Crippen molar-refractivity contribution in [2.24, 2.45) is 0 Å². The smallest absolute Gasteiger partial charge is 0.257 e. The Hall–Kier alpha value is -3.61. The van der Waals surface area contributed by atoms with Gasteiger partial charge in [0, 0.05) is 38.6 Å². The topological polar surface area (TPSA) is 70.6 Å². The first kappa shape index (κ1) is 18.7. The lowest BCUT2D eigenvalue weighted by atomic mass is 10.2. The van der Waals surface area contributed by atoms with Crippen molar-refractivity contribution in [2.45, 2.75) is 0 Å². The van der Waals surface area contributed by atoms with E-state index >= 15 is 0 Å². The monoisotopic (exact) mass is 389 g/mol. The number of amides is 1. The number of nitrogens with one attached hydrogen (secondary N) is 1. The lowest BCUT2D eigenvalue weighted by Gasteiger charge is -2.36. The lowest BCUT2D eigenvalue weighted by Crippen LogP contribution is -2.46. The SMILES string of the molecule is COc1ccccc1NC(=O)c1cncc(N2CCN(c3ccccn3)CC2)c1. The highest BCUT2D eigenvalue weighted by Crippen LogP contribution is 2.24. The van der Waals surface area contributed by atoms with Gasteiger partial charge in [0.15, 0.2) is 0 Å². The predicted octanol–water partition coefficient (Wildman–Crippen LogP) is 3.06. The summed E-state index contributed by atoms with van der Waals surface area (Å²) in [6.07, 6.45) is 5.20. The minimum Gasteiger partial charge on any atom is -0.495 e. The molecule has 0 radical (unpaired) electrons. The molecule has 29 heavy (non-hydrogen) atoms. The molecule has 0 atom stereocenters. The average Bonchev–Trinajstić information content (AvgIpc) is 2.80. The lowest BCUT2D eigenvalue weighted by molar-refractivity contribution is 0.102. The molecule has 1 fully saturated rings. The van der Waals surface area contributed by atoms with Gasteiger partial charge in [0.25, 0.3) is 5.91 Å². The number of ether oxygens (including phenoxy) is 1. The number of piperazine rings is 1. The number of rotatable bonds is 5. The number of para-hydroxylation sites is 2. The Bertz CT molecular complexity index is 972. The Labute approximate surface area is 170 Å². The highest BCUT2D eigenvalue weighted by atomic mass is 16.5. The molecule has 0 unspecified atom stereocenters. The van der Waals surface area contributed by atoms with Crippen LogP contribution in [0.15, 0.2) is 67.1 Å². The van der Waals surface area contributed by atoms with Crippen LogP contribution in [0.25, 0.3) is 0 Å². The minimum absolute atomic E-state index is 0.212. The van der Waals surface area contributed by atoms with E-state index in [2.05, 4.69) is 25.1 Å². The van der Waals surface area contributed by atoms with Crippen LogP contribution in [0.3, 0.4) is 0 Å². The van der Waals surface area contributed by atoms with E-state index in [-0.39, 0.29) is 5.91 Å². The van der Waals surface area contributed by atoms with Crippen molar-refractivity contribution < 1.29 is 9.53 Å². The van der Waals surface area contributed by atoms with Gasteiger partial charge in [0.05, 0.1) is 30.2 Å². The number of aromatic nitrogens is 2. The number of methoxy groups -OCH3 is 1. The number of hydrogen-bond donors (Lipinski definition) is 1. The van der Waals surface area contributed by atoms with Gasteiger partial charge in [0.1, 0.15) is 11.6 Å². The zero-order valence-electron chi connectivity index (χ0n) is 16.3. The number of nitrogens with zero attached hydrogens (tertiary/aromatic N) is 4. The van der Waals surface area contributed by atoms with Gasteiger partial charge >= 0.3 is 0 Å². The van der Waals surface area contributed by atoms with E-state index in [1.54, 1.807) is 19.5 Å². The van der Waals surface area contributed by atoms with Gasteiger partial charge in [-0.05, 0) is 30.3 Å². The summed E-state index contributed by atoms with van der Waals surface area (Å²) in [4.78, 5) is 25.9. The Kier molecular flexibility index (Phi) is 5.56. The van der Waals surface area contributed by atoms with E-state index < -0.39 is 0 Å². The first-order chi connectivity index (χ1) is 14.2. The molecular formula is C22H23N5O2. The van der Waals surface area contributed by atoms with Gasteiger partial charge in [-0.25, -0.2) is 4.98 Å². The number of hydrogen-bond acceptors (Lipinski definition) is 6. The van der Waals surface area contributed by atoms with Crippen LogP contribution in [-0.2, 0) is 0 Å². The maximum atomic E-state index is 12.7. The second-order valence-electron chi connectivity index (χ2n) is 6.75. The minimum atomic E-state index is -0.212. The summed E-state index contributed by atoms with van der Waals surface area (Å²) >= 11 is 0. The van der Waals surface area contributed by atoms with Crippen LogP contribution in [0.5, 0.6) is 5.75 Å². The summed E-state index contributed by atoms with van der Waals surface area (Å²) in [5.74, 6) is 1.40. The summed E-state index contributed by atoms with van der Waals surface area (Å²) in [5.41, 5.74) is 2.09. The number of benzene rings is 1. The second kappa shape index (κ2) is 8.60. The molecule has 3 heterocycles. The third-order valence-electron chi connectivity index (χ3n) is 4.96. The Morgan fingerprint density at radius 2 is 1.76 bits per heavy atom. The van der Waals surface area contributed by atoms with Crippen molar-refractivity contribution >= 4 is 23.1 Å². The Morgan fingerprint density at radius 3 is 2.52 bits per heavy atom. The summed E-state index contributed by atoms with van der Waals surface area (Å²) in [6, 6.07) is 15.2. The molecule has 0 saturated carbocycles. The molecule has 1 aliphatic heterocycles. The van der Waals surface area contributed by atoms with Crippen molar-refractivity contribution in [1.29, 1.82) is 0 Å². The third-order valence-corrected chi connectivity index (χ3v) is 4.96. The number of carbonyl (C=O) groups excluding carboxylic acids is 1. The Morgan fingerprint density at radius 1 is 1.00 bits per heavy atom. The molecule has 7 heteroatoms. The quantitative estimate of drug-likeness (QED) is 0.723. The van der Waals surface area contributed by atoms with Crippen LogP contribution < -0.4 is 19.9 Å². The van der Waals surface area contributed by atoms with E-state index in [1.165, 1.54) is 0 Å². The fourth-order valence-electron chi connectivity index (χ4n) is 3.40. The summed E-state index contributed by atoms with van der Waals surface area (Å²) in [7, 11) is 1.58. The average molecular weight is 389 g/mol. The standard InChI is InChI=1S/C22H23N5O2/c1-29-20-7-3-2-6-19(20)25-22(28)17-14-18(16-23-15-17)26-10-12-27(13-11-26)21-8-4-5-9-24-21/h2-9,14-16H,10-13H2,1H3,(H,25,28). The van der Waals surface area contributed by atoms with Crippen molar-refractivity contribution in [2.75, 3.05) is 48.4 Å². The van der Waals surface area contributed by atoms with Crippen LogP contribution >= 0.6 is 0 Å². The van der Waals surface area contributed by atoms with E-state index in [0.717, 1.165) is 37.7 Å². The van der Waals surface area contributed by atoms with Crippen molar-refractivity contribution in [3.8, 4) is 5.75 Å². The zero-order valence-corrected chi connectivity index (χ0v) is 16.3. The van der Waals surface area contributed by atoms with Crippen molar-refractivity contribution in [3.63, 3.8) is 0 Å². The van der Waals surface area contributed by atoms with Crippen LogP contribution in [0.4, 0.5) is 17.2 Å². The summed E-state index contributed by atoms with van der Waals surface area (Å²) < 4.78 is 5.30. The van der Waals surface area contributed by atoms with Gasteiger partial charge in [-0.3, -0.25) is 9.78 Å². The summed E-state index contributed by atoms with van der Waals surface area (Å²) in [5, 5.41) is 2.90. The highest BCUT2D eigenvalue weighted by Gasteiger charge is 2.19. The van der Waals surface area contributed by atoms with E-state index in [0.29, 0.717) is 17.0 Å². The third kappa shape index (κ3) is 4.29. The van der Waals surface area contributed by atoms with E-state index in [1.807, 2.05) is 54.7 Å². The fraction of sp³-hybridized carbons (Fsp3) is 0.227. The Balaban J connectivity index is 1.43. The molecule has 7 nitrogen and oxygen atoms in total. The van der Waals surface area contributed by atoms with Crippen LogP contribution in [-0.4, -0.2) is 49.2 Å². The predicted molar refractivity (Wildman–Crippen MR) is 114 cm³/mol. The largest absolute Gasteiger partial charge is 0.495 e. The van der Waals surface area contributed by atoms with E-state index in [9.17, 15) is 4.79 Å². The molecule has 1 N–H and O–H groups in total.